The predicted molar refractivity (Wildman–Crippen MR) is 152 cm³/mol. The SMILES string of the molecule is CC(C)N=Cc1cc[c]([Bi]([c]2ccc(C=NC(C)C)cc2)[c]2ccc(C=NC(C)C)cc2)cc1. The van der Waals surface area contributed by atoms with E-state index in [0.717, 1.165) is 16.7 Å². The molecule has 0 unspecified atom stereocenters. The predicted octanol–water partition coefficient (Wildman–Crippen LogP) is 4.68. The third-order valence-corrected chi connectivity index (χ3v) is 14.5. The number of hydrogen-bond acceptors (Lipinski definition) is 3. The van der Waals surface area contributed by atoms with Crippen LogP contribution in [-0.4, -0.2) is 58.5 Å². The fourth-order valence-corrected chi connectivity index (χ4v) is 12.0. The van der Waals surface area contributed by atoms with Crippen LogP contribution < -0.4 is 9.81 Å². The molecule has 0 radical (unpaired) electrons. The van der Waals surface area contributed by atoms with Crippen LogP contribution in [0.4, 0.5) is 0 Å². The van der Waals surface area contributed by atoms with Crippen LogP contribution in [0.25, 0.3) is 0 Å². The average molecular weight is 648 g/mol. The van der Waals surface area contributed by atoms with Gasteiger partial charge in [0.05, 0.1) is 0 Å². The Morgan fingerprint density at radius 3 is 0.882 bits per heavy atom. The molecule has 0 aliphatic carbocycles. The molecule has 0 aromatic heterocycles. The summed E-state index contributed by atoms with van der Waals surface area (Å²) in [5.74, 6) is 0. The molecule has 3 rings (SSSR count). The molecule has 0 aliphatic heterocycles. The minimum atomic E-state index is -2.45. The zero-order chi connectivity index (χ0) is 24.5. The summed E-state index contributed by atoms with van der Waals surface area (Å²) in [5.41, 5.74) is 3.46. The van der Waals surface area contributed by atoms with Gasteiger partial charge in [0.25, 0.3) is 0 Å². The van der Waals surface area contributed by atoms with Crippen molar-refractivity contribution in [3.63, 3.8) is 0 Å². The fraction of sp³-hybridized carbons (Fsp3) is 0.300. The van der Waals surface area contributed by atoms with E-state index >= 15 is 0 Å². The van der Waals surface area contributed by atoms with Gasteiger partial charge >= 0.3 is 214 Å². The van der Waals surface area contributed by atoms with Crippen LogP contribution in [0, 0.1) is 0 Å². The van der Waals surface area contributed by atoms with Gasteiger partial charge in [-0.15, -0.1) is 0 Å². The van der Waals surface area contributed by atoms with Crippen LogP contribution >= 0.6 is 0 Å². The van der Waals surface area contributed by atoms with E-state index in [4.69, 9.17) is 0 Å². The van der Waals surface area contributed by atoms with Gasteiger partial charge in [0.2, 0.25) is 0 Å². The number of nitrogens with zero attached hydrogens (tertiary/aromatic N) is 3. The Kier molecular flexibility index (Phi) is 9.90. The molecule has 0 saturated heterocycles. The summed E-state index contributed by atoms with van der Waals surface area (Å²) < 4.78 is 4.39. The first kappa shape index (κ1) is 26.2. The van der Waals surface area contributed by atoms with Crippen molar-refractivity contribution in [2.45, 2.75) is 59.7 Å². The molecule has 3 aromatic rings. The van der Waals surface area contributed by atoms with Gasteiger partial charge in [-0.3, -0.25) is 0 Å². The number of aliphatic imine (C=N–C) groups is 3. The van der Waals surface area contributed by atoms with E-state index in [9.17, 15) is 0 Å². The molecule has 0 bridgehead atoms. The van der Waals surface area contributed by atoms with Crippen molar-refractivity contribution in [1.29, 1.82) is 0 Å². The standard InChI is InChI=1S/3C10H12N.Bi/c3*1-9(2)11-8-10-6-4-3-5-7-10;/h3*4-9H,1-2H3;. The number of hydrogen-bond donors (Lipinski definition) is 0. The van der Waals surface area contributed by atoms with Crippen molar-refractivity contribution in [2.75, 3.05) is 0 Å². The molecule has 3 aromatic carbocycles. The summed E-state index contributed by atoms with van der Waals surface area (Å²) in [5, 5.41) is 0. The van der Waals surface area contributed by atoms with Crippen molar-refractivity contribution in [3.8, 4) is 0 Å². The van der Waals surface area contributed by atoms with Gasteiger partial charge in [-0.25, -0.2) is 0 Å². The molecule has 0 N–H and O–H groups in total. The van der Waals surface area contributed by atoms with Crippen LogP contribution in [0.3, 0.4) is 0 Å². The van der Waals surface area contributed by atoms with Gasteiger partial charge in [-0.2, -0.15) is 0 Å². The Labute approximate surface area is 213 Å². The Balaban J connectivity index is 1.96. The van der Waals surface area contributed by atoms with E-state index < -0.39 is 21.8 Å². The van der Waals surface area contributed by atoms with Gasteiger partial charge in [-0.1, -0.05) is 0 Å². The van der Waals surface area contributed by atoms with Gasteiger partial charge in [0.1, 0.15) is 0 Å². The Morgan fingerprint density at radius 2 is 0.676 bits per heavy atom. The maximum atomic E-state index is 4.53. The Morgan fingerprint density at radius 1 is 0.441 bits per heavy atom. The summed E-state index contributed by atoms with van der Waals surface area (Å²) in [6.07, 6.45) is 5.93. The third kappa shape index (κ3) is 8.10. The van der Waals surface area contributed by atoms with Gasteiger partial charge in [-0.05, 0) is 0 Å². The fourth-order valence-electron chi connectivity index (χ4n) is 3.28. The van der Waals surface area contributed by atoms with Gasteiger partial charge < -0.3 is 0 Å². The molecule has 3 nitrogen and oxygen atoms in total. The maximum absolute atomic E-state index is 4.53. The van der Waals surface area contributed by atoms with Crippen molar-refractivity contribution in [1.82, 2.24) is 0 Å². The van der Waals surface area contributed by atoms with E-state index in [1.54, 1.807) is 0 Å². The normalized spacial score (nSPS) is 12.5. The summed E-state index contributed by atoms with van der Waals surface area (Å²) in [7, 11) is 0. The van der Waals surface area contributed by atoms with E-state index in [0.29, 0.717) is 18.1 Å². The molecule has 0 saturated carbocycles. The summed E-state index contributed by atoms with van der Waals surface area (Å²) in [6.45, 7) is 12.6. The molecular formula is C30H36BiN3. The van der Waals surface area contributed by atoms with Crippen LogP contribution in [0.2, 0.25) is 0 Å². The van der Waals surface area contributed by atoms with Crippen molar-refractivity contribution >= 4 is 50.2 Å². The van der Waals surface area contributed by atoms with Gasteiger partial charge in [0, 0.05) is 0 Å². The zero-order valence-electron chi connectivity index (χ0n) is 21.2. The molecule has 0 fully saturated rings. The van der Waals surface area contributed by atoms with Crippen LogP contribution in [0.1, 0.15) is 58.2 Å². The van der Waals surface area contributed by atoms with E-state index in [-0.39, 0.29) is 0 Å². The second kappa shape index (κ2) is 12.9. The topological polar surface area (TPSA) is 37.1 Å². The molecule has 0 aliphatic rings. The van der Waals surface area contributed by atoms with Crippen LogP contribution in [-0.2, 0) is 0 Å². The molecular weight excluding hydrogens is 611 g/mol. The molecule has 4 heteroatoms. The van der Waals surface area contributed by atoms with Crippen LogP contribution in [0.15, 0.2) is 87.8 Å². The number of benzene rings is 3. The van der Waals surface area contributed by atoms with Crippen molar-refractivity contribution in [3.05, 3.63) is 89.5 Å². The monoisotopic (exact) mass is 647 g/mol. The molecule has 0 spiro atoms. The molecule has 34 heavy (non-hydrogen) atoms. The Hall–Kier alpha value is -2.45. The van der Waals surface area contributed by atoms with Crippen molar-refractivity contribution in [2.24, 2.45) is 15.0 Å². The second-order valence-electron chi connectivity index (χ2n) is 9.23. The van der Waals surface area contributed by atoms with Crippen LogP contribution in [0.5, 0.6) is 0 Å². The molecule has 176 valence electrons. The van der Waals surface area contributed by atoms with E-state index in [1.165, 1.54) is 9.81 Å². The number of rotatable bonds is 9. The summed E-state index contributed by atoms with van der Waals surface area (Å²) in [6, 6.07) is 28.0. The van der Waals surface area contributed by atoms with E-state index in [2.05, 4.69) is 129 Å². The first-order valence-electron chi connectivity index (χ1n) is 12.0. The molecule has 0 atom stereocenters. The summed E-state index contributed by atoms with van der Waals surface area (Å²) >= 11 is -2.45. The van der Waals surface area contributed by atoms with Crippen molar-refractivity contribution < 1.29 is 0 Å². The second-order valence-corrected chi connectivity index (χ2v) is 17.9. The molecule has 0 heterocycles. The zero-order valence-corrected chi connectivity index (χ0v) is 24.7. The summed E-state index contributed by atoms with van der Waals surface area (Å²) in [4.78, 5) is 13.6. The average Bonchev–Trinajstić information content (AvgIpc) is 2.82. The minimum absolute atomic E-state index is 0.307. The van der Waals surface area contributed by atoms with E-state index in [1.807, 2.05) is 18.6 Å². The first-order chi connectivity index (χ1) is 16.3. The first-order valence-corrected chi connectivity index (χ1v) is 17.2. The molecule has 0 amide bonds. The quantitative estimate of drug-likeness (QED) is 0.239. The Bertz CT molecular complexity index is 961. The third-order valence-electron chi connectivity index (χ3n) is 5.02. The van der Waals surface area contributed by atoms with Gasteiger partial charge in [0.15, 0.2) is 0 Å².